The third-order valence-electron chi connectivity index (χ3n) is 3.17. The Hall–Kier alpha value is -2.21. The maximum Gasteiger partial charge on any atom is 0.250 e. The van der Waals surface area contributed by atoms with Crippen LogP contribution in [0.2, 0.25) is 0 Å². The summed E-state index contributed by atoms with van der Waals surface area (Å²) in [6, 6.07) is 8.68. The van der Waals surface area contributed by atoms with Crippen molar-refractivity contribution in [3.8, 4) is 0 Å². The van der Waals surface area contributed by atoms with Crippen molar-refractivity contribution >= 4 is 23.2 Å². The molecule has 0 aliphatic carbocycles. The Labute approximate surface area is 120 Å². The van der Waals surface area contributed by atoms with Gasteiger partial charge in [0.25, 0.3) is 5.91 Å². The Balaban J connectivity index is 1.82. The molecule has 1 N–H and O–H groups in total. The third kappa shape index (κ3) is 2.55. The summed E-state index contributed by atoms with van der Waals surface area (Å²) in [6.07, 6.45) is 0. The number of thiazole rings is 1. The topological polar surface area (TPSA) is 62.3 Å². The van der Waals surface area contributed by atoms with E-state index >= 15 is 0 Å². The summed E-state index contributed by atoms with van der Waals surface area (Å²) in [5, 5.41) is 4.63. The highest BCUT2D eigenvalue weighted by Crippen LogP contribution is 2.20. The van der Waals surface area contributed by atoms with Gasteiger partial charge in [0.2, 0.25) is 5.91 Å². The van der Waals surface area contributed by atoms with E-state index in [0.717, 1.165) is 11.3 Å². The van der Waals surface area contributed by atoms with Crippen LogP contribution < -0.4 is 5.32 Å². The van der Waals surface area contributed by atoms with E-state index in [1.54, 1.807) is 10.4 Å². The molecule has 0 radical (unpaired) electrons. The number of nitrogens with one attached hydrogen (secondary N) is 1. The maximum absolute atomic E-state index is 12.5. The van der Waals surface area contributed by atoms with E-state index in [4.69, 9.17) is 0 Å². The molecule has 2 aromatic rings. The molecule has 20 heavy (non-hydrogen) atoms. The first kappa shape index (κ1) is 12.8. The Morgan fingerprint density at radius 1 is 1.30 bits per heavy atom. The van der Waals surface area contributed by atoms with Crippen LogP contribution in [0.4, 0.5) is 0 Å². The molecule has 0 bridgehead atoms. The Morgan fingerprint density at radius 2 is 2.10 bits per heavy atom. The summed E-state index contributed by atoms with van der Waals surface area (Å²) in [7, 11) is 0. The second-order valence-electron chi connectivity index (χ2n) is 4.59. The molecule has 1 fully saturated rings. The summed E-state index contributed by atoms with van der Waals surface area (Å²) >= 11 is 1.48. The zero-order chi connectivity index (χ0) is 13.9. The van der Waals surface area contributed by atoms with Gasteiger partial charge in [-0.3, -0.25) is 9.59 Å². The molecule has 0 saturated carbocycles. The molecular formula is C14H13N3O2S. The van der Waals surface area contributed by atoms with Gasteiger partial charge in [0.05, 0.1) is 17.7 Å². The molecule has 1 unspecified atom stereocenters. The van der Waals surface area contributed by atoms with Gasteiger partial charge in [0.1, 0.15) is 12.6 Å². The van der Waals surface area contributed by atoms with Crippen LogP contribution in [0.25, 0.3) is 0 Å². The highest BCUT2D eigenvalue weighted by molar-refractivity contribution is 7.07. The third-order valence-corrected chi connectivity index (χ3v) is 3.80. The van der Waals surface area contributed by atoms with Crippen LogP contribution in [0.15, 0.2) is 41.2 Å². The molecule has 6 heteroatoms. The van der Waals surface area contributed by atoms with Crippen molar-refractivity contribution < 1.29 is 9.59 Å². The number of carbonyl (C=O) groups excluding carboxylic acids is 2. The van der Waals surface area contributed by atoms with E-state index < -0.39 is 6.04 Å². The SMILES string of the molecule is O=C1CN(Cc2cscn2)C(=O)C(c2ccccc2)N1. The molecule has 2 amide bonds. The zero-order valence-corrected chi connectivity index (χ0v) is 11.5. The first-order valence-electron chi connectivity index (χ1n) is 6.24. The Bertz CT molecular complexity index is 613. The van der Waals surface area contributed by atoms with E-state index in [2.05, 4.69) is 10.3 Å². The van der Waals surface area contributed by atoms with Crippen molar-refractivity contribution in [1.82, 2.24) is 15.2 Å². The van der Waals surface area contributed by atoms with Crippen LogP contribution in [0.1, 0.15) is 17.3 Å². The fourth-order valence-electron chi connectivity index (χ4n) is 2.22. The molecule has 1 saturated heterocycles. The fraction of sp³-hybridized carbons (Fsp3) is 0.214. The van der Waals surface area contributed by atoms with Crippen LogP contribution >= 0.6 is 11.3 Å². The van der Waals surface area contributed by atoms with Crippen LogP contribution in [-0.2, 0) is 16.1 Å². The van der Waals surface area contributed by atoms with Crippen molar-refractivity contribution in [1.29, 1.82) is 0 Å². The van der Waals surface area contributed by atoms with Crippen molar-refractivity contribution in [2.24, 2.45) is 0 Å². The molecule has 0 spiro atoms. The number of hydrogen-bond donors (Lipinski definition) is 1. The highest BCUT2D eigenvalue weighted by atomic mass is 32.1. The molecule has 1 aromatic heterocycles. The minimum absolute atomic E-state index is 0.0830. The smallest absolute Gasteiger partial charge is 0.250 e. The lowest BCUT2D eigenvalue weighted by Crippen LogP contribution is -2.52. The van der Waals surface area contributed by atoms with Gasteiger partial charge in [-0.15, -0.1) is 11.3 Å². The predicted octanol–water partition coefficient (Wildman–Crippen LogP) is 1.34. The van der Waals surface area contributed by atoms with Gasteiger partial charge in [-0.05, 0) is 5.56 Å². The second kappa shape index (κ2) is 5.42. The van der Waals surface area contributed by atoms with E-state index in [1.165, 1.54) is 11.3 Å². The molecule has 1 aromatic carbocycles. The van der Waals surface area contributed by atoms with Crippen molar-refractivity contribution in [3.63, 3.8) is 0 Å². The summed E-state index contributed by atoms with van der Waals surface area (Å²) in [5.41, 5.74) is 3.33. The first-order valence-corrected chi connectivity index (χ1v) is 7.18. The molecule has 2 heterocycles. The second-order valence-corrected chi connectivity index (χ2v) is 5.30. The number of hydrogen-bond acceptors (Lipinski definition) is 4. The van der Waals surface area contributed by atoms with E-state index in [-0.39, 0.29) is 18.4 Å². The number of nitrogens with zero attached hydrogens (tertiary/aromatic N) is 2. The van der Waals surface area contributed by atoms with Gasteiger partial charge in [-0.2, -0.15) is 0 Å². The lowest BCUT2D eigenvalue weighted by Gasteiger charge is -2.32. The average molecular weight is 287 g/mol. The largest absolute Gasteiger partial charge is 0.339 e. The highest BCUT2D eigenvalue weighted by Gasteiger charge is 2.33. The minimum atomic E-state index is -0.601. The number of carbonyl (C=O) groups is 2. The molecular weight excluding hydrogens is 274 g/mol. The number of benzene rings is 1. The average Bonchev–Trinajstić information content (AvgIpc) is 2.96. The van der Waals surface area contributed by atoms with Gasteiger partial charge in [0.15, 0.2) is 0 Å². The van der Waals surface area contributed by atoms with Gasteiger partial charge < -0.3 is 10.2 Å². The van der Waals surface area contributed by atoms with Gasteiger partial charge >= 0.3 is 0 Å². The standard InChI is InChI=1S/C14H13N3O2S/c18-12-7-17(6-11-8-20-9-15-11)14(19)13(16-12)10-4-2-1-3-5-10/h1-5,8-9,13H,6-7H2,(H,16,18). The van der Waals surface area contributed by atoms with Gasteiger partial charge in [-0.25, -0.2) is 4.98 Å². The quantitative estimate of drug-likeness (QED) is 0.926. The van der Waals surface area contributed by atoms with Gasteiger partial charge in [0, 0.05) is 5.38 Å². The van der Waals surface area contributed by atoms with E-state index in [9.17, 15) is 9.59 Å². The van der Waals surface area contributed by atoms with Crippen molar-refractivity contribution in [2.75, 3.05) is 6.54 Å². The van der Waals surface area contributed by atoms with Gasteiger partial charge in [-0.1, -0.05) is 30.3 Å². The predicted molar refractivity (Wildman–Crippen MR) is 74.9 cm³/mol. The van der Waals surface area contributed by atoms with Crippen LogP contribution in [0, 0.1) is 0 Å². The van der Waals surface area contributed by atoms with Crippen LogP contribution in [0.3, 0.4) is 0 Å². The van der Waals surface area contributed by atoms with Crippen LogP contribution in [-0.4, -0.2) is 28.2 Å². The number of rotatable bonds is 3. The Kier molecular flexibility index (Phi) is 3.47. The monoisotopic (exact) mass is 287 g/mol. The zero-order valence-electron chi connectivity index (χ0n) is 10.7. The maximum atomic E-state index is 12.5. The lowest BCUT2D eigenvalue weighted by atomic mass is 10.0. The molecule has 3 rings (SSSR count). The summed E-state index contributed by atoms with van der Waals surface area (Å²) in [5.74, 6) is -0.238. The van der Waals surface area contributed by atoms with Crippen molar-refractivity contribution in [3.05, 3.63) is 52.5 Å². The minimum Gasteiger partial charge on any atom is -0.339 e. The van der Waals surface area contributed by atoms with E-state index in [0.29, 0.717) is 6.54 Å². The Morgan fingerprint density at radius 3 is 2.80 bits per heavy atom. The molecule has 1 aliphatic heterocycles. The molecule has 5 nitrogen and oxygen atoms in total. The fourth-order valence-corrected chi connectivity index (χ4v) is 2.77. The molecule has 102 valence electrons. The van der Waals surface area contributed by atoms with Crippen LogP contribution in [0.5, 0.6) is 0 Å². The van der Waals surface area contributed by atoms with E-state index in [1.807, 2.05) is 35.7 Å². The summed E-state index contributed by atoms with van der Waals surface area (Å²) in [6.45, 7) is 0.457. The first-order chi connectivity index (χ1) is 9.74. The summed E-state index contributed by atoms with van der Waals surface area (Å²) < 4.78 is 0. The normalized spacial score (nSPS) is 19.0. The summed E-state index contributed by atoms with van der Waals surface area (Å²) in [4.78, 5) is 30.0. The number of piperazine rings is 1. The van der Waals surface area contributed by atoms with Crippen molar-refractivity contribution in [2.45, 2.75) is 12.6 Å². The molecule has 1 aliphatic rings. The number of aromatic nitrogens is 1. The lowest BCUT2D eigenvalue weighted by molar-refractivity contribution is -0.145. The molecule has 1 atom stereocenters. The number of amides is 2.